The first-order valence-corrected chi connectivity index (χ1v) is 5.39. The van der Waals surface area contributed by atoms with Gasteiger partial charge in [-0.05, 0) is 40.3 Å². The molecule has 0 bridgehead atoms. The van der Waals surface area contributed by atoms with E-state index in [0.29, 0.717) is 9.13 Å². The highest BCUT2D eigenvalue weighted by atomic mass is 127. The summed E-state index contributed by atoms with van der Waals surface area (Å²) in [5.74, 6) is -0.305. The number of pyridine rings is 1. The van der Waals surface area contributed by atoms with Gasteiger partial charge >= 0.3 is 0 Å². The molecule has 1 N–H and O–H groups in total. The van der Waals surface area contributed by atoms with Gasteiger partial charge in [-0.3, -0.25) is 4.79 Å². The van der Waals surface area contributed by atoms with Crippen molar-refractivity contribution in [3.05, 3.63) is 56.3 Å². The summed E-state index contributed by atoms with van der Waals surface area (Å²) in [5.41, 5.74) is 1.24. The number of hydrogen-bond donors (Lipinski definition) is 1. The average molecular weight is 315 g/mol. The first kappa shape index (κ1) is 10.4. The summed E-state index contributed by atoms with van der Waals surface area (Å²) in [5, 5.41) is 0. The molecule has 0 amide bonds. The fraction of sp³-hybridized carbons (Fsp3) is 0. The minimum absolute atomic E-state index is 0.0408. The molecule has 2 aromatic rings. The van der Waals surface area contributed by atoms with Gasteiger partial charge in [0.05, 0.1) is 3.57 Å². The van der Waals surface area contributed by atoms with E-state index in [1.54, 1.807) is 24.5 Å². The van der Waals surface area contributed by atoms with Crippen molar-refractivity contribution in [2.45, 2.75) is 0 Å². The van der Waals surface area contributed by atoms with E-state index in [-0.39, 0.29) is 11.2 Å². The van der Waals surface area contributed by atoms with Crippen LogP contribution in [-0.2, 0) is 0 Å². The fourth-order valence-electron chi connectivity index (χ4n) is 1.30. The molecule has 4 heteroatoms. The van der Waals surface area contributed by atoms with E-state index in [1.807, 2.05) is 22.6 Å². The van der Waals surface area contributed by atoms with Crippen LogP contribution in [0.2, 0.25) is 0 Å². The molecule has 0 saturated carbocycles. The Balaban J connectivity index is 2.59. The number of rotatable bonds is 1. The number of halogens is 2. The Hall–Kier alpha value is -1.17. The number of benzene rings is 1. The van der Waals surface area contributed by atoms with Crippen molar-refractivity contribution in [2.75, 3.05) is 0 Å². The lowest BCUT2D eigenvalue weighted by Gasteiger charge is -2.00. The standard InChI is InChI=1S/C11H7FINO/c12-8-3-1-7(2-4-8)9-5-14-6-10(13)11(9)15/h1-6H,(H,14,15). The highest BCUT2D eigenvalue weighted by Crippen LogP contribution is 2.15. The zero-order valence-electron chi connectivity index (χ0n) is 7.63. The SMILES string of the molecule is O=c1c(I)c[nH]cc1-c1ccc(F)cc1. The maximum Gasteiger partial charge on any atom is 0.202 e. The van der Waals surface area contributed by atoms with Crippen molar-refractivity contribution in [3.63, 3.8) is 0 Å². The highest BCUT2D eigenvalue weighted by molar-refractivity contribution is 14.1. The largest absolute Gasteiger partial charge is 0.366 e. The fourth-order valence-corrected chi connectivity index (χ4v) is 1.77. The molecule has 0 aliphatic heterocycles. The van der Waals surface area contributed by atoms with Gasteiger partial charge in [-0.1, -0.05) is 12.1 Å². The predicted molar refractivity (Wildman–Crippen MR) is 65.2 cm³/mol. The van der Waals surface area contributed by atoms with Crippen LogP contribution in [0.3, 0.4) is 0 Å². The van der Waals surface area contributed by atoms with Crippen molar-refractivity contribution in [1.29, 1.82) is 0 Å². The lowest BCUT2D eigenvalue weighted by Crippen LogP contribution is -2.08. The van der Waals surface area contributed by atoms with Crippen LogP contribution in [0, 0.1) is 9.39 Å². The van der Waals surface area contributed by atoms with Gasteiger partial charge in [0.2, 0.25) is 5.43 Å². The van der Waals surface area contributed by atoms with Gasteiger partial charge in [0.25, 0.3) is 0 Å². The number of aromatic nitrogens is 1. The second kappa shape index (κ2) is 4.14. The van der Waals surface area contributed by atoms with Crippen molar-refractivity contribution < 1.29 is 4.39 Å². The van der Waals surface area contributed by atoms with Crippen molar-refractivity contribution >= 4 is 22.6 Å². The molecule has 2 rings (SSSR count). The zero-order chi connectivity index (χ0) is 10.8. The molecule has 0 radical (unpaired) electrons. The summed E-state index contributed by atoms with van der Waals surface area (Å²) in [4.78, 5) is 14.6. The van der Waals surface area contributed by atoms with E-state index < -0.39 is 0 Å². The molecule has 15 heavy (non-hydrogen) atoms. The average Bonchev–Trinajstić information content (AvgIpc) is 2.24. The Morgan fingerprint density at radius 1 is 1.13 bits per heavy atom. The molecule has 1 aromatic carbocycles. The number of hydrogen-bond acceptors (Lipinski definition) is 1. The van der Waals surface area contributed by atoms with E-state index in [1.165, 1.54) is 12.1 Å². The Kier molecular flexibility index (Phi) is 2.86. The van der Waals surface area contributed by atoms with E-state index in [4.69, 9.17) is 0 Å². The van der Waals surface area contributed by atoms with Crippen LogP contribution >= 0.6 is 22.6 Å². The van der Waals surface area contributed by atoms with Gasteiger partial charge in [0.1, 0.15) is 5.82 Å². The molecule has 0 spiro atoms. The Morgan fingerprint density at radius 2 is 1.80 bits per heavy atom. The molecule has 2 nitrogen and oxygen atoms in total. The molecule has 76 valence electrons. The monoisotopic (exact) mass is 315 g/mol. The lowest BCUT2D eigenvalue weighted by molar-refractivity contribution is 0.628. The summed E-state index contributed by atoms with van der Waals surface area (Å²) in [7, 11) is 0. The quantitative estimate of drug-likeness (QED) is 0.807. The summed E-state index contributed by atoms with van der Waals surface area (Å²) >= 11 is 1.97. The van der Waals surface area contributed by atoms with Crippen LogP contribution in [0.1, 0.15) is 0 Å². The molecule has 0 aliphatic rings. The highest BCUT2D eigenvalue weighted by Gasteiger charge is 2.05. The second-order valence-electron chi connectivity index (χ2n) is 3.05. The summed E-state index contributed by atoms with van der Waals surface area (Å²) in [6.07, 6.45) is 3.26. The van der Waals surface area contributed by atoms with Gasteiger partial charge in [-0.25, -0.2) is 4.39 Å². The number of H-pyrrole nitrogens is 1. The van der Waals surface area contributed by atoms with Crippen LogP contribution in [0.5, 0.6) is 0 Å². The minimum atomic E-state index is -0.305. The minimum Gasteiger partial charge on any atom is -0.366 e. The van der Waals surface area contributed by atoms with Crippen LogP contribution < -0.4 is 5.43 Å². The molecule has 0 unspecified atom stereocenters. The van der Waals surface area contributed by atoms with Crippen LogP contribution in [0.15, 0.2) is 41.5 Å². The third-order valence-electron chi connectivity index (χ3n) is 2.05. The van der Waals surface area contributed by atoms with E-state index >= 15 is 0 Å². The third kappa shape index (κ3) is 2.09. The Labute approximate surface area is 99.3 Å². The molecule has 1 heterocycles. The second-order valence-corrected chi connectivity index (χ2v) is 4.22. The lowest BCUT2D eigenvalue weighted by atomic mass is 10.1. The molecule has 1 aromatic heterocycles. The van der Waals surface area contributed by atoms with E-state index in [2.05, 4.69) is 4.98 Å². The molecule has 0 fully saturated rings. The van der Waals surface area contributed by atoms with Crippen LogP contribution in [-0.4, -0.2) is 4.98 Å². The molecule has 0 atom stereocenters. The number of aromatic amines is 1. The van der Waals surface area contributed by atoms with E-state index in [9.17, 15) is 9.18 Å². The normalized spacial score (nSPS) is 10.3. The van der Waals surface area contributed by atoms with Crippen molar-refractivity contribution in [2.24, 2.45) is 0 Å². The first-order valence-electron chi connectivity index (χ1n) is 4.31. The maximum atomic E-state index is 12.7. The maximum absolute atomic E-state index is 12.7. The summed E-state index contributed by atoms with van der Waals surface area (Å²) in [6, 6.07) is 5.87. The third-order valence-corrected chi connectivity index (χ3v) is 2.86. The topological polar surface area (TPSA) is 32.9 Å². The van der Waals surface area contributed by atoms with Crippen molar-refractivity contribution in [3.8, 4) is 11.1 Å². The summed E-state index contributed by atoms with van der Waals surface area (Å²) in [6.45, 7) is 0. The zero-order valence-corrected chi connectivity index (χ0v) is 9.79. The number of nitrogens with one attached hydrogen (secondary N) is 1. The Morgan fingerprint density at radius 3 is 2.47 bits per heavy atom. The predicted octanol–water partition coefficient (Wildman–Crippen LogP) is 2.79. The van der Waals surface area contributed by atoms with E-state index in [0.717, 1.165) is 5.56 Å². The van der Waals surface area contributed by atoms with Gasteiger partial charge in [0, 0.05) is 18.0 Å². The summed E-state index contributed by atoms with van der Waals surface area (Å²) < 4.78 is 13.3. The van der Waals surface area contributed by atoms with Gasteiger partial charge < -0.3 is 4.98 Å². The molecular formula is C11H7FINO. The van der Waals surface area contributed by atoms with Gasteiger partial charge in [-0.15, -0.1) is 0 Å². The van der Waals surface area contributed by atoms with Gasteiger partial charge in [0.15, 0.2) is 0 Å². The Bertz CT molecular complexity index is 533. The molecular weight excluding hydrogens is 308 g/mol. The first-order chi connectivity index (χ1) is 7.18. The van der Waals surface area contributed by atoms with Crippen LogP contribution in [0.25, 0.3) is 11.1 Å². The smallest absolute Gasteiger partial charge is 0.202 e. The molecule has 0 saturated heterocycles. The van der Waals surface area contributed by atoms with Crippen LogP contribution in [0.4, 0.5) is 4.39 Å². The molecule has 0 aliphatic carbocycles. The van der Waals surface area contributed by atoms with Crippen molar-refractivity contribution in [1.82, 2.24) is 4.98 Å². The van der Waals surface area contributed by atoms with Gasteiger partial charge in [-0.2, -0.15) is 0 Å².